The van der Waals surface area contributed by atoms with Crippen LogP contribution in [0, 0.1) is 5.41 Å². The fourth-order valence-corrected chi connectivity index (χ4v) is 1.90. The first-order chi connectivity index (χ1) is 8.90. The van der Waals surface area contributed by atoms with Crippen LogP contribution in [-0.4, -0.2) is 29.3 Å². The fourth-order valence-electron chi connectivity index (χ4n) is 1.90. The standard InChI is InChI=1S/C15H27N3O/c1-5-7-16-14-9-12(6-8-17-14)18-11-13(19)10-15(2,3)4/h6,8-9,13,19H,5,7,10-11H2,1-4H3,(H2,16,17,18). The van der Waals surface area contributed by atoms with Gasteiger partial charge in [-0.05, 0) is 24.3 Å². The predicted octanol–water partition coefficient (Wildman–Crippen LogP) is 3.11. The van der Waals surface area contributed by atoms with E-state index < -0.39 is 0 Å². The molecule has 1 aromatic heterocycles. The molecular weight excluding hydrogens is 238 g/mol. The Morgan fingerprint density at radius 1 is 1.32 bits per heavy atom. The van der Waals surface area contributed by atoms with Gasteiger partial charge in [0.05, 0.1) is 6.10 Å². The molecule has 0 spiro atoms. The first kappa shape index (κ1) is 15.8. The zero-order valence-electron chi connectivity index (χ0n) is 12.5. The SMILES string of the molecule is CCCNc1cc(NCC(O)CC(C)(C)C)ccn1. The van der Waals surface area contributed by atoms with Crippen molar-refractivity contribution in [2.75, 3.05) is 23.7 Å². The number of nitrogens with one attached hydrogen (secondary N) is 2. The zero-order chi connectivity index (χ0) is 14.3. The average molecular weight is 265 g/mol. The Hall–Kier alpha value is -1.29. The van der Waals surface area contributed by atoms with Crippen LogP contribution in [-0.2, 0) is 0 Å². The van der Waals surface area contributed by atoms with Crippen molar-refractivity contribution in [2.45, 2.75) is 46.6 Å². The lowest BCUT2D eigenvalue weighted by Crippen LogP contribution is -2.25. The van der Waals surface area contributed by atoms with Crippen LogP contribution in [0.4, 0.5) is 11.5 Å². The van der Waals surface area contributed by atoms with Crippen LogP contribution >= 0.6 is 0 Å². The molecule has 0 aliphatic carbocycles. The molecule has 0 bridgehead atoms. The molecule has 0 amide bonds. The molecule has 0 aliphatic rings. The Bertz CT molecular complexity index is 374. The van der Waals surface area contributed by atoms with Gasteiger partial charge >= 0.3 is 0 Å². The van der Waals surface area contributed by atoms with Gasteiger partial charge in [0, 0.05) is 31.0 Å². The van der Waals surface area contributed by atoms with Gasteiger partial charge in [-0.25, -0.2) is 4.98 Å². The molecule has 1 aromatic rings. The molecule has 0 aliphatic heterocycles. The van der Waals surface area contributed by atoms with Crippen molar-refractivity contribution in [3.63, 3.8) is 0 Å². The van der Waals surface area contributed by atoms with Crippen molar-refractivity contribution in [2.24, 2.45) is 5.41 Å². The smallest absolute Gasteiger partial charge is 0.127 e. The van der Waals surface area contributed by atoms with E-state index in [1.807, 2.05) is 12.1 Å². The minimum atomic E-state index is -0.333. The van der Waals surface area contributed by atoms with Crippen LogP contribution < -0.4 is 10.6 Å². The predicted molar refractivity (Wildman–Crippen MR) is 81.6 cm³/mol. The Morgan fingerprint density at radius 2 is 2.05 bits per heavy atom. The lowest BCUT2D eigenvalue weighted by molar-refractivity contribution is 0.132. The Kier molecular flexibility index (Phi) is 6.09. The first-order valence-electron chi connectivity index (χ1n) is 7.02. The van der Waals surface area contributed by atoms with Crippen molar-refractivity contribution in [3.8, 4) is 0 Å². The third-order valence-electron chi connectivity index (χ3n) is 2.71. The Balaban J connectivity index is 2.44. The van der Waals surface area contributed by atoms with E-state index >= 15 is 0 Å². The number of hydrogen-bond acceptors (Lipinski definition) is 4. The van der Waals surface area contributed by atoms with Gasteiger partial charge < -0.3 is 15.7 Å². The molecule has 1 atom stereocenters. The maximum Gasteiger partial charge on any atom is 0.127 e. The normalized spacial score (nSPS) is 13.1. The topological polar surface area (TPSA) is 57.2 Å². The monoisotopic (exact) mass is 265 g/mol. The third-order valence-corrected chi connectivity index (χ3v) is 2.71. The van der Waals surface area contributed by atoms with Crippen LogP contribution in [0.3, 0.4) is 0 Å². The molecule has 108 valence electrons. The minimum absolute atomic E-state index is 0.146. The lowest BCUT2D eigenvalue weighted by Gasteiger charge is -2.22. The summed E-state index contributed by atoms with van der Waals surface area (Å²) in [5.41, 5.74) is 1.13. The highest BCUT2D eigenvalue weighted by molar-refractivity contribution is 5.51. The molecule has 4 nitrogen and oxygen atoms in total. The van der Waals surface area contributed by atoms with E-state index in [2.05, 4.69) is 43.3 Å². The minimum Gasteiger partial charge on any atom is -0.391 e. The molecule has 3 N–H and O–H groups in total. The summed E-state index contributed by atoms with van der Waals surface area (Å²) in [6.45, 7) is 10.0. The highest BCUT2D eigenvalue weighted by atomic mass is 16.3. The molecule has 19 heavy (non-hydrogen) atoms. The summed E-state index contributed by atoms with van der Waals surface area (Å²) in [7, 11) is 0. The van der Waals surface area contributed by atoms with E-state index in [0.29, 0.717) is 6.54 Å². The molecule has 0 aromatic carbocycles. The van der Waals surface area contributed by atoms with Crippen LogP contribution in [0.5, 0.6) is 0 Å². The van der Waals surface area contributed by atoms with Gasteiger partial charge in [-0.2, -0.15) is 0 Å². The highest BCUT2D eigenvalue weighted by Gasteiger charge is 2.16. The highest BCUT2D eigenvalue weighted by Crippen LogP contribution is 2.21. The van der Waals surface area contributed by atoms with Crippen LogP contribution in [0.1, 0.15) is 40.5 Å². The second-order valence-electron chi connectivity index (χ2n) is 6.16. The second-order valence-corrected chi connectivity index (χ2v) is 6.16. The van der Waals surface area contributed by atoms with Crippen LogP contribution in [0.25, 0.3) is 0 Å². The lowest BCUT2D eigenvalue weighted by atomic mass is 9.89. The number of aromatic nitrogens is 1. The van der Waals surface area contributed by atoms with E-state index in [0.717, 1.165) is 30.9 Å². The van der Waals surface area contributed by atoms with Crippen molar-refractivity contribution in [1.82, 2.24) is 4.98 Å². The van der Waals surface area contributed by atoms with E-state index in [1.54, 1.807) is 6.20 Å². The quantitative estimate of drug-likeness (QED) is 0.709. The van der Waals surface area contributed by atoms with E-state index in [9.17, 15) is 5.11 Å². The van der Waals surface area contributed by atoms with Gasteiger partial charge in [0.15, 0.2) is 0 Å². The number of anilines is 2. The van der Waals surface area contributed by atoms with Crippen molar-refractivity contribution < 1.29 is 5.11 Å². The summed E-state index contributed by atoms with van der Waals surface area (Å²) in [5, 5.41) is 16.5. The van der Waals surface area contributed by atoms with E-state index in [4.69, 9.17) is 0 Å². The van der Waals surface area contributed by atoms with Gasteiger partial charge in [0.25, 0.3) is 0 Å². The van der Waals surface area contributed by atoms with Crippen molar-refractivity contribution in [1.29, 1.82) is 0 Å². The van der Waals surface area contributed by atoms with E-state index in [-0.39, 0.29) is 11.5 Å². The molecule has 4 heteroatoms. The van der Waals surface area contributed by atoms with Crippen molar-refractivity contribution >= 4 is 11.5 Å². The molecule has 0 saturated heterocycles. The average Bonchev–Trinajstić information content (AvgIpc) is 2.32. The molecule has 1 unspecified atom stereocenters. The maximum atomic E-state index is 9.96. The summed E-state index contributed by atoms with van der Waals surface area (Å²) in [6, 6.07) is 3.89. The Morgan fingerprint density at radius 3 is 2.68 bits per heavy atom. The second kappa shape index (κ2) is 7.34. The van der Waals surface area contributed by atoms with Gasteiger partial charge in [0.2, 0.25) is 0 Å². The molecule has 0 fully saturated rings. The number of rotatable bonds is 7. The summed E-state index contributed by atoms with van der Waals surface area (Å²) in [4.78, 5) is 4.25. The number of hydrogen-bond donors (Lipinski definition) is 3. The van der Waals surface area contributed by atoms with Gasteiger partial charge in [-0.3, -0.25) is 0 Å². The largest absolute Gasteiger partial charge is 0.391 e. The summed E-state index contributed by atoms with van der Waals surface area (Å²) >= 11 is 0. The first-order valence-corrected chi connectivity index (χ1v) is 7.02. The third kappa shape index (κ3) is 7.01. The van der Waals surface area contributed by atoms with Crippen LogP contribution in [0.2, 0.25) is 0 Å². The fraction of sp³-hybridized carbons (Fsp3) is 0.667. The summed E-state index contributed by atoms with van der Waals surface area (Å²) < 4.78 is 0. The molecule has 0 radical (unpaired) electrons. The van der Waals surface area contributed by atoms with Crippen LogP contribution in [0.15, 0.2) is 18.3 Å². The molecule has 0 saturated carbocycles. The number of aliphatic hydroxyl groups excluding tert-OH is 1. The van der Waals surface area contributed by atoms with Gasteiger partial charge in [-0.1, -0.05) is 27.7 Å². The number of nitrogens with zero attached hydrogens (tertiary/aromatic N) is 1. The number of pyridine rings is 1. The molecule has 1 rings (SSSR count). The number of aliphatic hydroxyl groups is 1. The summed E-state index contributed by atoms with van der Waals surface area (Å²) in [5.74, 6) is 0.872. The van der Waals surface area contributed by atoms with E-state index in [1.165, 1.54) is 0 Å². The van der Waals surface area contributed by atoms with Gasteiger partial charge in [-0.15, -0.1) is 0 Å². The van der Waals surface area contributed by atoms with Crippen molar-refractivity contribution in [3.05, 3.63) is 18.3 Å². The van der Waals surface area contributed by atoms with Gasteiger partial charge in [0.1, 0.15) is 5.82 Å². The maximum absolute atomic E-state index is 9.96. The molecule has 1 heterocycles. The zero-order valence-corrected chi connectivity index (χ0v) is 12.5. The Labute approximate surface area is 116 Å². The molecular formula is C15H27N3O. The summed E-state index contributed by atoms with van der Waals surface area (Å²) in [6.07, 6.45) is 3.30.